The van der Waals surface area contributed by atoms with Crippen LogP contribution in [0.25, 0.3) is 0 Å². The summed E-state index contributed by atoms with van der Waals surface area (Å²) in [6.45, 7) is 8.54. The highest BCUT2D eigenvalue weighted by atomic mass is 16.2. The first-order valence-electron chi connectivity index (χ1n) is 7.92. The molecular formula is C17H25N3O2. The molecule has 1 unspecified atom stereocenters. The van der Waals surface area contributed by atoms with Crippen molar-refractivity contribution in [3.8, 4) is 0 Å². The molecule has 2 rings (SSSR count). The van der Waals surface area contributed by atoms with Crippen molar-refractivity contribution in [1.82, 2.24) is 10.2 Å². The molecule has 0 bridgehead atoms. The van der Waals surface area contributed by atoms with Gasteiger partial charge in [0, 0.05) is 18.3 Å². The Bertz CT molecular complexity index is 537. The van der Waals surface area contributed by atoms with E-state index in [4.69, 9.17) is 0 Å². The topological polar surface area (TPSA) is 61.4 Å². The number of anilines is 1. The minimum Gasteiger partial charge on any atom is -0.346 e. The molecule has 0 saturated carbocycles. The number of aryl methyl sites for hydroxylation is 2. The molecule has 2 N–H and O–H groups in total. The summed E-state index contributed by atoms with van der Waals surface area (Å²) in [5.41, 5.74) is 2.63. The van der Waals surface area contributed by atoms with Gasteiger partial charge in [0.25, 0.3) is 0 Å². The van der Waals surface area contributed by atoms with E-state index in [2.05, 4.69) is 22.5 Å². The Hall–Kier alpha value is -1.88. The Kier molecular flexibility index (Phi) is 5.55. The van der Waals surface area contributed by atoms with Gasteiger partial charge >= 0.3 is 11.8 Å². The van der Waals surface area contributed by atoms with Crippen molar-refractivity contribution in [1.29, 1.82) is 0 Å². The van der Waals surface area contributed by atoms with E-state index in [1.165, 1.54) is 0 Å². The maximum absolute atomic E-state index is 12.0. The van der Waals surface area contributed by atoms with Gasteiger partial charge in [-0.25, -0.2) is 0 Å². The van der Waals surface area contributed by atoms with Gasteiger partial charge in [0.05, 0.1) is 0 Å². The van der Waals surface area contributed by atoms with Crippen LogP contribution in [0, 0.1) is 13.8 Å². The highest BCUT2D eigenvalue weighted by molar-refractivity contribution is 6.39. The third kappa shape index (κ3) is 3.85. The monoisotopic (exact) mass is 303 g/mol. The van der Waals surface area contributed by atoms with Crippen LogP contribution in [0.15, 0.2) is 18.2 Å². The summed E-state index contributed by atoms with van der Waals surface area (Å²) in [7, 11) is 0. The van der Waals surface area contributed by atoms with E-state index in [0.29, 0.717) is 12.6 Å². The molecule has 0 spiro atoms. The summed E-state index contributed by atoms with van der Waals surface area (Å²) in [4.78, 5) is 26.4. The maximum atomic E-state index is 12.0. The van der Waals surface area contributed by atoms with Gasteiger partial charge in [0.15, 0.2) is 0 Å². The van der Waals surface area contributed by atoms with E-state index in [1.807, 2.05) is 32.0 Å². The Labute approximate surface area is 132 Å². The van der Waals surface area contributed by atoms with Crippen molar-refractivity contribution in [2.45, 2.75) is 39.7 Å². The molecule has 22 heavy (non-hydrogen) atoms. The molecule has 5 heteroatoms. The van der Waals surface area contributed by atoms with Crippen molar-refractivity contribution >= 4 is 17.5 Å². The summed E-state index contributed by atoms with van der Waals surface area (Å²) in [5, 5.41) is 5.47. The fourth-order valence-electron chi connectivity index (χ4n) is 3.02. The van der Waals surface area contributed by atoms with Gasteiger partial charge in [0.2, 0.25) is 0 Å². The lowest BCUT2D eigenvalue weighted by molar-refractivity contribution is -0.136. The molecule has 5 nitrogen and oxygen atoms in total. The Morgan fingerprint density at radius 1 is 1.23 bits per heavy atom. The number of hydrogen-bond acceptors (Lipinski definition) is 3. The van der Waals surface area contributed by atoms with Gasteiger partial charge in [-0.15, -0.1) is 0 Å². The zero-order valence-corrected chi connectivity index (χ0v) is 13.6. The number of likely N-dealkylation sites (N-methyl/N-ethyl adjacent to an activating group) is 1. The van der Waals surface area contributed by atoms with Crippen molar-refractivity contribution in [3.05, 3.63) is 29.3 Å². The number of amides is 2. The van der Waals surface area contributed by atoms with E-state index in [9.17, 15) is 9.59 Å². The number of hydrogen-bond donors (Lipinski definition) is 2. The Morgan fingerprint density at radius 2 is 1.91 bits per heavy atom. The smallest absolute Gasteiger partial charge is 0.313 e. The molecule has 120 valence electrons. The summed E-state index contributed by atoms with van der Waals surface area (Å²) in [5.74, 6) is -1.16. The molecule has 1 atom stereocenters. The van der Waals surface area contributed by atoms with Crippen molar-refractivity contribution in [2.24, 2.45) is 0 Å². The lowest BCUT2D eigenvalue weighted by atomic mass is 10.1. The number of benzene rings is 1. The molecule has 2 amide bonds. The van der Waals surface area contributed by atoms with E-state index >= 15 is 0 Å². The van der Waals surface area contributed by atoms with Crippen LogP contribution in [-0.4, -0.2) is 42.4 Å². The highest BCUT2D eigenvalue weighted by Crippen LogP contribution is 2.19. The predicted molar refractivity (Wildman–Crippen MR) is 87.8 cm³/mol. The summed E-state index contributed by atoms with van der Waals surface area (Å²) in [6.07, 6.45) is 2.23. The van der Waals surface area contributed by atoms with Crippen LogP contribution in [0.5, 0.6) is 0 Å². The van der Waals surface area contributed by atoms with Gasteiger partial charge in [-0.05, 0) is 50.9 Å². The van der Waals surface area contributed by atoms with Gasteiger partial charge in [-0.2, -0.15) is 0 Å². The second-order valence-corrected chi connectivity index (χ2v) is 5.86. The van der Waals surface area contributed by atoms with Crippen LogP contribution in [0.1, 0.15) is 30.9 Å². The van der Waals surface area contributed by atoms with Crippen LogP contribution in [0.4, 0.5) is 5.69 Å². The summed E-state index contributed by atoms with van der Waals surface area (Å²) >= 11 is 0. The van der Waals surface area contributed by atoms with Crippen LogP contribution in [-0.2, 0) is 9.59 Å². The van der Waals surface area contributed by atoms with Gasteiger partial charge in [0.1, 0.15) is 0 Å². The molecule has 1 aliphatic heterocycles. The highest BCUT2D eigenvalue weighted by Gasteiger charge is 2.24. The maximum Gasteiger partial charge on any atom is 0.313 e. The van der Waals surface area contributed by atoms with Crippen LogP contribution in [0.3, 0.4) is 0 Å². The SMILES string of the molecule is CCN1CCCC1CNC(=O)C(=O)Nc1c(C)cccc1C. The minimum atomic E-state index is -0.599. The normalized spacial score (nSPS) is 18.2. The lowest BCUT2D eigenvalue weighted by Crippen LogP contribution is -2.43. The van der Waals surface area contributed by atoms with E-state index in [1.54, 1.807) is 0 Å². The quantitative estimate of drug-likeness (QED) is 0.834. The van der Waals surface area contributed by atoms with Crippen LogP contribution < -0.4 is 10.6 Å². The van der Waals surface area contributed by atoms with Crippen LogP contribution in [0.2, 0.25) is 0 Å². The molecule has 0 aliphatic carbocycles. The van der Waals surface area contributed by atoms with Crippen LogP contribution >= 0.6 is 0 Å². The first-order valence-corrected chi connectivity index (χ1v) is 7.92. The summed E-state index contributed by atoms with van der Waals surface area (Å²) in [6, 6.07) is 6.11. The average molecular weight is 303 g/mol. The Balaban J connectivity index is 1.89. The van der Waals surface area contributed by atoms with E-state index in [0.717, 1.165) is 42.7 Å². The molecule has 0 aromatic heterocycles. The molecule has 0 radical (unpaired) electrons. The number of carbonyl (C=O) groups is 2. The third-order valence-electron chi connectivity index (χ3n) is 4.33. The zero-order chi connectivity index (χ0) is 16.1. The lowest BCUT2D eigenvalue weighted by Gasteiger charge is -2.22. The predicted octanol–water partition coefficient (Wildman–Crippen LogP) is 1.84. The van der Waals surface area contributed by atoms with E-state index < -0.39 is 11.8 Å². The first-order chi connectivity index (χ1) is 10.5. The Morgan fingerprint density at radius 3 is 2.55 bits per heavy atom. The first kappa shape index (κ1) is 16.5. The molecule has 1 aromatic rings. The molecular weight excluding hydrogens is 278 g/mol. The fourth-order valence-corrected chi connectivity index (χ4v) is 3.02. The average Bonchev–Trinajstić information content (AvgIpc) is 2.96. The van der Waals surface area contributed by atoms with Gasteiger partial charge in [-0.1, -0.05) is 25.1 Å². The zero-order valence-electron chi connectivity index (χ0n) is 13.6. The number of para-hydroxylation sites is 1. The number of carbonyl (C=O) groups excluding carboxylic acids is 2. The minimum absolute atomic E-state index is 0.349. The molecule has 1 saturated heterocycles. The second kappa shape index (κ2) is 7.40. The molecule has 1 aromatic carbocycles. The van der Waals surface area contributed by atoms with Gasteiger partial charge in [-0.3, -0.25) is 14.5 Å². The van der Waals surface area contributed by atoms with Crippen molar-refractivity contribution < 1.29 is 9.59 Å². The largest absolute Gasteiger partial charge is 0.346 e. The molecule has 1 fully saturated rings. The van der Waals surface area contributed by atoms with E-state index in [-0.39, 0.29) is 0 Å². The second-order valence-electron chi connectivity index (χ2n) is 5.86. The summed E-state index contributed by atoms with van der Waals surface area (Å²) < 4.78 is 0. The third-order valence-corrected chi connectivity index (χ3v) is 4.33. The van der Waals surface area contributed by atoms with Gasteiger partial charge < -0.3 is 10.6 Å². The number of nitrogens with zero attached hydrogens (tertiary/aromatic N) is 1. The number of likely N-dealkylation sites (tertiary alicyclic amines) is 1. The fraction of sp³-hybridized carbons (Fsp3) is 0.529. The molecule has 1 aliphatic rings. The molecule has 1 heterocycles. The van der Waals surface area contributed by atoms with Crippen molar-refractivity contribution in [2.75, 3.05) is 25.0 Å². The number of nitrogens with one attached hydrogen (secondary N) is 2. The number of rotatable bonds is 4. The van der Waals surface area contributed by atoms with Crippen molar-refractivity contribution in [3.63, 3.8) is 0 Å². The standard InChI is InChI=1S/C17H25N3O2/c1-4-20-10-6-9-14(20)11-18-16(21)17(22)19-15-12(2)7-5-8-13(15)3/h5,7-8,14H,4,6,9-11H2,1-3H3,(H,18,21)(H,19,22).